The quantitative estimate of drug-likeness (QED) is 0.766. The van der Waals surface area contributed by atoms with Crippen LogP contribution in [0.15, 0.2) is 4.52 Å². The molecule has 1 unspecified atom stereocenters. The summed E-state index contributed by atoms with van der Waals surface area (Å²) in [5.41, 5.74) is -1.06. The van der Waals surface area contributed by atoms with E-state index < -0.39 is 5.60 Å². The fourth-order valence-electron chi connectivity index (χ4n) is 1.70. The summed E-state index contributed by atoms with van der Waals surface area (Å²) in [6.45, 7) is 4.27. The van der Waals surface area contributed by atoms with Crippen LogP contribution in [0.2, 0.25) is 0 Å². The number of nitrogens with zero attached hydrogens (tertiary/aromatic N) is 2. The topological polar surface area (TPSA) is 71.2 Å². The van der Waals surface area contributed by atoms with Gasteiger partial charge < -0.3 is 14.9 Å². The largest absolute Gasteiger partial charge is 0.381 e. The minimum atomic E-state index is -1.06. The van der Waals surface area contributed by atoms with E-state index in [1.54, 1.807) is 13.8 Å². The van der Waals surface area contributed by atoms with E-state index in [0.717, 1.165) is 13.0 Å². The normalized spacial score (nSPS) is 23.0. The van der Waals surface area contributed by atoms with Gasteiger partial charge >= 0.3 is 0 Å². The van der Waals surface area contributed by atoms with E-state index in [-0.39, 0.29) is 11.9 Å². The lowest BCUT2D eigenvalue weighted by molar-refractivity contribution is 0.0420. The fraction of sp³-hybridized carbons (Fsp3) is 0.800. The van der Waals surface area contributed by atoms with E-state index in [4.69, 9.17) is 4.52 Å². The van der Waals surface area contributed by atoms with Crippen LogP contribution in [-0.4, -0.2) is 21.8 Å². The van der Waals surface area contributed by atoms with E-state index in [0.29, 0.717) is 5.82 Å². The van der Waals surface area contributed by atoms with Gasteiger partial charge in [0.15, 0.2) is 5.82 Å². The lowest BCUT2D eigenvalue weighted by Gasteiger charge is -2.20. The first kappa shape index (κ1) is 10.6. The minimum absolute atomic E-state index is 0.179. The molecule has 1 saturated heterocycles. The molecular weight excluding hydrogens is 194 g/mol. The van der Waals surface area contributed by atoms with Crippen LogP contribution in [0.1, 0.15) is 50.9 Å². The zero-order chi connectivity index (χ0) is 10.9. The second-order valence-electron chi connectivity index (χ2n) is 4.52. The minimum Gasteiger partial charge on any atom is -0.381 e. The second kappa shape index (κ2) is 3.90. The van der Waals surface area contributed by atoms with Crippen LogP contribution in [0.5, 0.6) is 0 Å². The Morgan fingerprint density at radius 1 is 1.47 bits per heavy atom. The highest BCUT2D eigenvalue weighted by Gasteiger charge is 2.27. The standard InChI is InChI=1S/C10H17N3O2/c1-10(2,14)9-12-8(13-15-9)7-5-3-4-6-11-7/h7,11,14H,3-6H2,1-2H3. The zero-order valence-corrected chi connectivity index (χ0v) is 9.16. The Balaban J connectivity index is 2.12. The van der Waals surface area contributed by atoms with Gasteiger partial charge in [0, 0.05) is 0 Å². The van der Waals surface area contributed by atoms with Crippen LogP contribution in [0.4, 0.5) is 0 Å². The van der Waals surface area contributed by atoms with Crippen LogP contribution in [0, 0.1) is 0 Å². The molecule has 2 rings (SSSR count). The van der Waals surface area contributed by atoms with E-state index in [2.05, 4.69) is 15.5 Å². The second-order valence-corrected chi connectivity index (χ2v) is 4.52. The Morgan fingerprint density at radius 3 is 2.80 bits per heavy atom. The molecule has 5 nitrogen and oxygen atoms in total. The molecule has 15 heavy (non-hydrogen) atoms. The molecule has 2 heterocycles. The SMILES string of the molecule is CC(C)(O)c1nc(C2CCCCN2)no1. The lowest BCUT2D eigenvalue weighted by atomic mass is 10.0. The summed E-state index contributed by atoms with van der Waals surface area (Å²) in [4.78, 5) is 4.21. The number of rotatable bonds is 2. The summed E-state index contributed by atoms with van der Waals surface area (Å²) in [6.07, 6.45) is 3.42. The molecule has 5 heteroatoms. The van der Waals surface area contributed by atoms with Crippen LogP contribution in [-0.2, 0) is 5.60 Å². The van der Waals surface area contributed by atoms with Crippen molar-refractivity contribution in [2.75, 3.05) is 6.54 Å². The smallest absolute Gasteiger partial charge is 0.258 e. The third kappa shape index (κ3) is 2.35. The van der Waals surface area contributed by atoms with Gasteiger partial charge in [-0.15, -0.1) is 0 Å². The molecule has 0 aliphatic carbocycles. The lowest BCUT2D eigenvalue weighted by Crippen LogP contribution is -2.27. The summed E-state index contributed by atoms with van der Waals surface area (Å²) in [5, 5.41) is 16.9. The molecule has 0 radical (unpaired) electrons. The van der Waals surface area contributed by atoms with Gasteiger partial charge in [0.1, 0.15) is 5.60 Å². The molecule has 1 atom stereocenters. The number of piperidine rings is 1. The molecular formula is C10H17N3O2. The molecule has 1 aromatic rings. The van der Waals surface area contributed by atoms with Gasteiger partial charge in [-0.25, -0.2) is 0 Å². The third-order valence-corrected chi connectivity index (χ3v) is 2.59. The first-order chi connectivity index (χ1) is 7.07. The first-order valence-corrected chi connectivity index (χ1v) is 5.37. The van der Waals surface area contributed by atoms with E-state index >= 15 is 0 Å². The van der Waals surface area contributed by atoms with Crippen LogP contribution in [0.3, 0.4) is 0 Å². The van der Waals surface area contributed by atoms with Crippen molar-refractivity contribution in [1.82, 2.24) is 15.5 Å². The zero-order valence-electron chi connectivity index (χ0n) is 9.16. The molecule has 0 bridgehead atoms. The molecule has 0 aromatic carbocycles. The van der Waals surface area contributed by atoms with Gasteiger partial charge in [-0.1, -0.05) is 11.6 Å². The fourth-order valence-corrected chi connectivity index (χ4v) is 1.70. The van der Waals surface area contributed by atoms with E-state index in [1.165, 1.54) is 12.8 Å². The Kier molecular flexibility index (Phi) is 2.75. The monoisotopic (exact) mass is 211 g/mol. The Morgan fingerprint density at radius 2 is 2.27 bits per heavy atom. The van der Waals surface area contributed by atoms with Gasteiger partial charge in [-0.05, 0) is 33.2 Å². The average Bonchev–Trinajstić information content (AvgIpc) is 2.67. The Labute approximate surface area is 88.9 Å². The van der Waals surface area contributed by atoms with Crippen molar-refractivity contribution in [2.24, 2.45) is 0 Å². The highest BCUT2D eigenvalue weighted by atomic mass is 16.5. The molecule has 1 aliphatic rings. The summed E-state index contributed by atoms with van der Waals surface area (Å²) in [6, 6.07) is 0.179. The summed E-state index contributed by atoms with van der Waals surface area (Å²) < 4.78 is 5.03. The van der Waals surface area contributed by atoms with Crippen molar-refractivity contribution in [1.29, 1.82) is 0 Å². The maximum Gasteiger partial charge on any atom is 0.258 e. The van der Waals surface area contributed by atoms with Crippen LogP contribution < -0.4 is 5.32 Å². The Hall–Kier alpha value is -0.940. The molecule has 2 N–H and O–H groups in total. The van der Waals surface area contributed by atoms with Crippen molar-refractivity contribution >= 4 is 0 Å². The van der Waals surface area contributed by atoms with Crippen molar-refractivity contribution in [3.8, 4) is 0 Å². The molecule has 84 valence electrons. The van der Waals surface area contributed by atoms with Crippen molar-refractivity contribution < 1.29 is 9.63 Å². The number of aromatic nitrogens is 2. The summed E-state index contributed by atoms with van der Waals surface area (Å²) >= 11 is 0. The molecule has 0 amide bonds. The predicted molar refractivity (Wildman–Crippen MR) is 54.1 cm³/mol. The summed E-state index contributed by atoms with van der Waals surface area (Å²) in [5.74, 6) is 0.941. The predicted octanol–water partition coefficient (Wildman–Crippen LogP) is 1.11. The highest BCUT2D eigenvalue weighted by Crippen LogP contribution is 2.23. The number of hydrogen-bond acceptors (Lipinski definition) is 5. The molecule has 0 saturated carbocycles. The molecule has 1 fully saturated rings. The van der Waals surface area contributed by atoms with E-state index in [1.807, 2.05) is 0 Å². The van der Waals surface area contributed by atoms with Crippen LogP contribution in [0.25, 0.3) is 0 Å². The molecule has 0 spiro atoms. The van der Waals surface area contributed by atoms with Crippen LogP contribution >= 0.6 is 0 Å². The molecule has 1 aliphatic heterocycles. The molecule has 1 aromatic heterocycles. The van der Waals surface area contributed by atoms with Crippen molar-refractivity contribution in [3.05, 3.63) is 11.7 Å². The number of nitrogens with one attached hydrogen (secondary N) is 1. The maximum absolute atomic E-state index is 9.68. The maximum atomic E-state index is 9.68. The van der Waals surface area contributed by atoms with Gasteiger partial charge in [0.25, 0.3) is 5.89 Å². The van der Waals surface area contributed by atoms with Crippen molar-refractivity contribution in [2.45, 2.75) is 44.8 Å². The van der Waals surface area contributed by atoms with Gasteiger partial charge in [0.2, 0.25) is 0 Å². The van der Waals surface area contributed by atoms with E-state index in [9.17, 15) is 5.11 Å². The average molecular weight is 211 g/mol. The summed E-state index contributed by atoms with van der Waals surface area (Å²) in [7, 11) is 0. The third-order valence-electron chi connectivity index (χ3n) is 2.59. The number of hydrogen-bond donors (Lipinski definition) is 2. The Bertz CT molecular complexity index is 324. The number of aliphatic hydroxyl groups is 1. The van der Waals surface area contributed by atoms with Gasteiger partial charge in [-0.2, -0.15) is 4.98 Å². The highest BCUT2D eigenvalue weighted by molar-refractivity contribution is 4.99. The van der Waals surface area contributed by atoms with Gasteiger partial charge in [-0.3, -0.25) is 0 Å². The first-order valence-electron chi connectivity index (χ1n) is 5.37. The van der Waals surface area contributed by atoms with Crippen molar-refractivity contribution in [3.63, 3.8) is 0 Å². The van der Waals surface area contributed by atoms with Gasteiger partial charge in [0.05, 0.1) is 6.04 Å².